The number of likely N-dealkylation sites (N-methyl/N-ethyl adjacent to an activating group) is 1. The highest BCUT2D eigenvalue weighted by atomic mass is 19.1. The maximum Gasteiger partial charge on any atom is 0.259 e. The zero-order valence-corrected chi connectivity index (χ0v) is 21.5. The Bertz CT molecular complexity index is 1260. The zero-order chi connectivity index (χ0) is 26.7. The average Bonchev–Trinajstić information content (AvgIpc) is 2.90. The van der Waals surface area contributed by atoms with Gasteiger partial charge in [0.05, 0.1) is 19.2 Å². The van der Waals surface area contributed by atoms with Gasteiger partial charge in [0.15, 0.2) is 0 Å². The molecule has 1 aliphatic heterocycles. The lowest BCUT2D eigenvalue weighted by molar-refractivity contribution is 0.0313. The van der Waals surface area contributed by atoms with Crippen molar-refractivity contribution in [1.82, 2.24) is 14.8 Å². The van der Waals surface area contributed by atoms with Crippen LogP contribution in [0.5, 0.6) is 5.88 Å². The van der Waals surface area contributed by atoms with Gasteiger partial charge in [-0.05, 0) is 49.7 Å². The summed E-state index contributed by atoms with van der Waals surface area (Å²) in [7, 11) is 1.66. The number of aliphatic hydroxyl groups is 1. The topological polar surface area (TPSA) is 83.0 Å². The summed E-state index contributed by atoms with van der Waals surface area (Å²) in [6.45, 7) is 6.12. The first-order chi connectivity index (χ1) is 17.7. The highest BCUT2D eigenvalue weighted by Gasteiger charge is 2.35. The standard InChI is InChI=1S/C29H32FN3O4/c1-18-5-7-21(8-6-18)23-13-25-27(31-14-23)37-26(19(2)15-33(29(25)36)20(3)17-34)16-32(4)28(35)22-9-11-24(30)12-10-22/h5-14,19-20,26,34H,15-17H2,1-4H3/t19-,20+,26-/m1/s1. The number of benzene rings is 2. The number of carbonyl (C=O) groups is 2. The van der Waals surface area contributed by atoms with Crippen LogP contribution < -0.4 is 4.74 Å². The van der Waals surface area contributed by atoms with E-state index in [1.54, 1.807) is 31.1 Å². The number of carbonyl (C=O) groups excluding carboxylic acids is 2. The number of nitrogens with zero attached hydrogens (tertiary/aromatic N) is 3. The molecule has 0 saturated heterocycles. The number of fused-ring (bicyclic) bond motifs is 1. The Balaban J connectivity index is 1.67. The Labute approximate surface area is 216 Å². The van der Waals surface area contributed by atoms with Crippen LogP contribution in [0.2, 0.25) is 0 Å². The first-order valence-corrected chi connectivity index (χ1v) is 12.3. The molecule has 3 aromatic rings. The van der Waals surface area contributed by atoms with E-state index in [0.29, 0.717) is 17.7 Å². The summed E-state index contributed by atoms with van der Waals surface area (Å²) in [5, 5.41) is 9.87. The number of rotatable bonds is 6. The smallest absolute Gasteiger partial charge is 0.259 e. The van der Waals surface area contributed by atoms with Crippen molar-refractivity contribution in [3.8, 4) is 17.0 Å². The lowest BCUT2D eigenvalue weighted by atomic mass is 9.98. The molecule has 0 radical (unpaired) electrons. The van der Waals surface area contributed by atoms with Gasteiger partial charge in [0.2, 0.25) is 5.88 Å². The highest BCUT2D eigenvalue weighted by Crippen LogP contribution is 2.30. The Morgan fingerprint density at radius 2 is 1.86 bits per heavy atom. The number of hydrogen-bond acceptors (Lipinski definition) is 5. The second kappa shape index (κ2) is 11.1. The van der Waals surface area contributed by atoms with Crippen LogP contribution >= 0.6 is 0 Å². The minimum atomic E-state index is -0.479. The molecule has 1 N–H and O–H groups in total. The van der Waals surface area contributed by atoms with Gasteiger partial charge in [0.25, 0.3) is 11.8 Å². The van der Waals surface area contributed by atoms with Crippen LogP contribution in [-0.4, -0.2) is 70.6 Å². The molecule has 0 spiro atoms. The number of aromatic nitrogens is 1. The maximum absolute atomic E-state index is 13.6. The number of ether oxygens (including phenoxy) is 1. The first-order valence-electron chi connectivity index (χ1n) is 12.3. The van der Waals surface area contributed by atoms with Crippen molar-refractivity contribution in [2.24, 2.45) is 5.92 Å². The lowest BCUT2D eigenvalue weighted by Gasteiger charge is -2.37. The van der Waals surface area contributed by atoms with Crippen molar-refractivity contribution in [3.05, 3.63) is 83.3 Å². The molecule has 37 heavy (non-hydrogen) atoms. The van der Waals surface area contributed by atoms with Crippen LogP contribution in [0.3, 0.4) is 0 Å². The van der Waals surface area contributed by atoms with Crippen molar-refractivity contribution in [2.75, 3.05) is 26.7 Å². The van der Waals surface area contributed by atoms with Crippen LogP contribution in [0.25, 0.3) is 11.1 Å². The number of aliphatic hydroxyl groups excluding tert-OH is 1. The number of halogens is 1. The van der Waals surface area contributed by atoms with Crippen molar-refractivity contribution in [1.29, 1.82) is 0 Å². The molecule has 4 rings (SSSR count). The van der Waals surface area contributed by atoms with E-state index in [9.17, 15) is 19.1 Å². The third kappa shape index (κ3) is 5.80. The van der Waals surface area contributed by atoms with E-state index in [0.717, 1.165) is 16.7 Å². The Morgan fingerprint density at radius 3 is 2.51 bits per heavy atom. The number of aryl methyl sites for hydroxylation is 1. The molecule has 0 fully saturated rings. The number of pyridine rings is 1. The van der Waals surface area contributed by atoms with Gasteiger partial charge in [-0.3, -0.25) is 9.59 Å². The van der Waals surface area contributed by atoms with Crippen LogP contribution in [-0.2, 0) is 0 Å². The van der Waals surface area contributed by atoms with Gasteiger partial charge in [0, 0.05) is 36.8 Å². The molecule has 1 aliphatic rings. The summed E-state index contributed by atoms with van der Waals surface area (Å²) >= 11 is 0. The first kappa shape index (κ1) is 26.3. The SMILES string of the molecule is Cc1ccc(-c2cnc3c(c2)C(=O)N([C@@H](C)CO)C[C@@H](C)[C@@H](CN(C)C(=O)c2ccc(F)cc2)O3)cc1. The van der Waals surface area contributed by atoms with Gasteiger partial charge in [-0.15, -0.1) is 0 Å². The van der Waals surface area contributed by atoms with E-state index >= 15 is 0 Å². The van der Waals surface area contributed by atoms with Crippen LogP contribution in [0.15, 0.2) is 60.8 Å². The monoisotopic (exact) mass is 505 g/mol. The fourth-order valence-electron chi connectivity index (χ4n) is 4.39. The predicted octanol–water partition coefficient (Wildman–Crippen LogP) is 4.19. The molecular weight excluding hydrogens is 473 g/mol. The fourth-order valence-corrected chi connectivity index (χ4v) is 4.39. The molecule has 0 aliphatic carbocycles. The second-order valence-electron chi connectivity index (χ2n) is 9.76. The van der Waals surface area contributed by atoms with Crippen molar-refractivity contribution >= 4 is 11.8 Å². The van der Waals surface area contributed by atoms with E-state index in [1.165, 1.54) is 29.2 Å². The summed E-state index contributed by atoms with van der Waals surface area (Å²) in [4.78, 5) is 34.3. The van der Waals surface area contributed by atoms with E-state index < -0.39 is 18.0 Å². The lowest BCUT2D eigenvalue weighted by Crippen LogP contribution is -2.50. The summed E-state index contributed by atoms with van der Waals surface area (Å²) in [5.74, 6) is -0.925. The van der Waals surface area contributed by atoms with Crippen LogP contribution in [0.1, 0.15) is 40.1 Å². The van der Waals surface area contributed by atoms with E-state index in [1.807, 2.05) is 38.1 Å². The minimum absolute atomic E-state index is 0.173. The summed E-state index contributed by atoms with van der Waals surface area (Å²) in [6, 6.07) is 14.7. The number of hydrogen-bond donors (Lipinski definition) is 1. The third-order valence-corrected chi connectivity index (χ3v) is 6.80. The Hall–Kier alpha value is -3.78. The van der Waals surface area contributed by atoms with E-state index in [-0.39, 0.29) is 36.8 Å². The quantitative estimate of drug-likeness (QED) is 0.543. The predicted molar refractivity (Wildman–Crippen MR) is 139 cm³/mol. The van der Waals surface area contributed by atoms with Gasteiger partial charge >= 0.3 is 0 Å². The van der Waals surface area contributed by atoms with Crippen LogP contribution in [0.4, 0.5) is 4.39 Å². The average molecular weight is 506 g/mol. The molecule has 2 amide bonds. The van der Waals surface area contributed by atoms with Crippen LogP contribution in [0, 0.1) is 18.7 Å². The molecule has 0 bridgehead atoms. The summed E-state index contributed by atoms with van der Waals surface area (Å²) in [5.41, 5.74) is 3.51. The maximum atomic E-state index is 13.6. The van der Waals surface area contributed by atoms with Crippen molar-refractivity contribution in [2.45, 2.75) is 32.9 Å². The molecule has 0 unspecified atom stereocenters. The van der Waals surface area contributed by atoms with Gasteiger partial charge in [-0.2, -0.15) is 0 Å². The fraction of sp³-hybridized carbons (Fsp3) is 0.345. The molecular formula is C29H32FN3O4. The molecule has 194 valence electrons. The molecule has 2 heterocycles. The molecule has 1 aromatic heterocycles. The molecule has 7 nitrogen and oxygen atoms in total. The summed E-state index contributed by atoms with van der Waals surface area (Å²) < 4.78 is 19.6. The highest BCUT2D eigenvalue weighted by molar-refractivity contribution is 5.98. The normalized spacial score (nSPS) is 18.3. The third-order valence-electron chi connectivity index (χ3n) is 6.80. The van der Waals surface area contributed by atoms with Gasteiger partial charge in [-0.25, -0.2) is 9.37 Å². The molecule has 3 atom stereocenters. The second-order valence-corrected chi connectivity index (χ2v) is 9.76. The van der Waals surface area contributed by atoms with Gasteiger partial charge in [-0.1, -0.05) is 36.8 Å². The minimum Gasteiger partial charge on any atom is -0.472 e. The largest absolute Gasteiger partial charge is 0.472 e. The van der Waals surface area contributed by atoms with E-state index in [4.69, 9.17) is 4.74 Å². The molecule has 8 heteroatoms. The molecule has 0 saturated carbocycles. The Kier molecular flexibility index (Phi) is 7.88. The van der Waals surface area contributed by atoms with Gasteiger partial charge in [0.1, 0.15) is 17.5 Å². The summed E-state index contributed by atoms with van der Waals surface area (Å²) in [6.07, 6.45) is 1.19. The zero-order valence-electron chi connectivity index (χ0n) is 21.5. The van der Waals surface area contributed by atoms with Gasteiger partial charge < -0.3 is 19.6 Å². The van der Waals surface area contributed by atoms with Crippen molar-refractivity contribution < 1.29 is 23.8 Å². The van der Waals surface area contributed by atoms with Crippen molar-refractivity contribution in [3.63, 3.8) is 0 Å². The Morgan fingerprint density at radius 1 is 1.19 bits per heavy atom. The van der Waals surface area contributed by atoms with E-state index in [2.05, 4.69) is 4.98 Å². The molecule has 2 aromatic carbocycles. The number of amides is 2.